The molecule has 6 nitrogen and oxygen atoms in total. The molecule has 0 heterocycles. The lowest BCUT2D eigenvalue weighted by Gasteiger charge is -2.35. The molecule has 136 valence electrons. The zero-order valence-electron chi connectivity index (χ0n) is 16.2. The summed E-state index contributed by atoms with van der Waals surface area (Å²) in [4.78, 5) is 0. The third-order valence-electron chi connectivity index (χ3n) is 3.79. The lowest BCUT2D eigenvalue weighted by molar-refractivity contribution is 0.0989. The molecule has 0 saturated carbocycles. The molecule has 0 aliphatic heterocycles. The fourth-order valence-electron chi connectivity index (χ4n) is 2.27. The fourth-order valence-corrected chi connectivity index (χ4v) is 6.82. The number of hydrogen-bond donors (Lipinski definition) is 0. The van der Waals surface area contributed by atoms with E-state index in [1.165, 1.54) is 0 Å². The summed E-state index contributed by atoms with van der Waals surface area (Å²) in [6.07, 6.45) is 1.02. The van der Waals surface area contributed by atoms with Crippen LogP contribution < -0.4 is 0 Å². The minimum atomic E-state index is -2.42. The third-order valence-corrected chi connectivity index (χ3v) is 10.6. The highest BCUT2D eigenvalue weighted by Gasteiger charge is 2.50. The van der Waals surface area contributed by atoms with Gasteiger partial charge in [0.1, 0.15) is 0 Å². The molecule has 0 aromatic carbocycles. The van der Waals surface area contributed by atoms with E-state index in [2.05, 4.69) is 34.6 Å². The van der Waals surface area contributed by atoms with Gasteiger partial charge in [0.25, 0.3) is 0 Å². The molecule has 0 N–H and O–H groups in total. The fraction of sp³-hybridized carbons (Fsp3) is 1.00. The van der Waals surface area contributed by atoms with Gasteiger partial charge in [0.2, 0.25) is 0 Å². The Balaban J connectivity index is 0. The van der Waals surface area contributed by atoms with Crippen molar-refractivity contribution in [2.24, 2.45) is 0 Å². The number of hydrogen-bond acceptors (Lipinski definition) is 6. The first-order valence-electron chi connectivity index (χ1n) is 7.41. The van der Waals surface area contributed by atoms with Gasteiger partial charge in [-0.05, 0) is 6.42 Å². The molecule has 0 aliphatic rings. The molecule has 1 unspecified atom stereocenters. The van der Waals surface area contributed by atoms with Crippen LogP contribution in [0.4, 0.5) is 0 Å². The van der Waals surface area contributed by atoms with Crippen LogP contribution in [-0.2, 0) is 26.6 Å². The normalized spacial score (nSPS) is 14.3. The topological polar surface area (TPSA) is 55.4 Å². The van der Waals surface area contributed by atoms with Gasteiger partial charge in [0.05, 0.1) is 0 Å². The maximum Gasteiger partial charge on any atom is 0.505 e. The van der Waals surface area contributed by atoms with E-state index in [9.17, 15) is 0 Å². The largest absolute Gasteiger partial charge is 0.505 e. The predicted octanol–water partition coefficient (Wildman–Crippen LogP) is 3.33. The molecule has 0 aliphatic carbocycles. The summed E-state index contributed by atoms with van der Waals surface area (Å²) in [5.74, 6) is 0. The van der Waals surface area contributed by atoms with Crippen molar-refractivity contribution < 1.29 is 26.6 Å². The SMILES string of the molecule is CCC(C)[Si](OC)(OC)OC.CO[Si](OC)(OC)C(C)(C)C. The van der Waals surface area contributed by atoms with Crippen LogP contribution in [0.3, 0.4) is 0 Å². The average molecular weight is 357 g/mol. The smallest absolute Gasteiger partial charge is 0.377 e. The molecule has 8 heteroatoms. The third kappa shape index (κ3) is 6.01. The van der Waals surface area contributed by atoms with Gasteiger partial charge in [0.15, 0.2) is 0 Å². The molecule has 0 radical (unpaired) electrons. The van der Waals surface area contributed by atoms with Crippen molar-refractivity contribution >= 4 is 17.6 Å². The van der Waals surface area contributed by atoms with E-state index in [1.54, 1.807) is 42.7 Å². The van der Waals surface area contributed by atoms with Gasteiger partial charge >= 0.3 is 17.6 Å². The van der Waals surface area contributed by atoms with Crippen molar-refractivity contribution in [3.63, 3.8) is 0 Å². The highest BCUT2D eigenvalue weighted by Crippen LogP contribution is 2.36. The summed E-state index contributed by atoms with van der Waals surface area (Å²) >= 11 is 0. The summed E-state index contributed by atoms with van der Waals surface area (Å²) in [6.45, 7) is 10.3. The van der Waals surface area contributed by atoms with Crippen LogP contribution in [0.1, 0.15) is 41.0 Å². The monoisotopic (exact) mass is 356 g/mol. The van der Waals surface area contributed by atoms with E-state index in [4.69, 9.17) is 26.6 Å². The van der Waals surface area contributed by atoms with Gasteiger partial charge in [-0.2, -0.15) is 0 Å². The number of rotatable bonds is 8. The lowest BCUT2D eigenvalue weighted by Crippen LogP contribution is -2.51. The van der Waals surface area contributed by atoms with E-state index in [1.807, 2.05) is 0 Å². The second kappa shape index (κ2) is 10.9. The summed E-state index contributed by atoms with van der Waals surface area (Å²) in [5, 5.41) is -0.0642. The van der Waals surface area contributed by atoms with Crippen molar-refractivity contribution in [1.82, 2.24) is 0 Å². The second-order valence-electron chi connectivity index (χ2n) is 5.94. The molecule has 0 saturated heterocycles. The second-order valence-corrected chi connectivity index (χ2v) is 13.2. The molecule has 0 spiro atoms. The zero-order chi connectivity index (χ0) is 18.0. The molecular formula is C14H36O6Si2. The average Bonchev–Trinajstić information content (AvgIpc) is 2.51. The van der Waals surface area contributed by atoms with Gasteiger partial charge in [-0.1, -0.05) is 34.6 Å². The Morgan fingerprint density at radius 3 is 1.09 bits per heavy atom. The molecule has 0 fully saturated rings. The molecule has 1 atom stereocenters. The van der Waals surface area contributed by atoms with Crippen LogP contribution in [0.15, 0.2) is 0 Å². The van der Waals surface area contributed by atoms with E-state index >= 15 is 0 Å². The van der Waals surface area contributed by atoms with Crippen LogP contribution in [0.2, 0.25) is 10.6 Å². The van der Waals surface area contributed by atoms with Crippen LogP contribution in [0.25, 0.3) is 0 Å². The first-order valence-corrected chi connectivity index (χ1v) is 10.9. The van der Waals surface area contributed by atoms with Crippen molar-refractivity contribution in [2.75, 3.05) is 42.7 Å². The Bertz CT molecular complexity index is 258. The van der Waals surface area contributed by atoms with E-state index < -0.39 is 17.6 Å². The summed E-state index contributed by atoms with van der Waals surface area (Å²) in [6, 6.07) is 0. The summed E-state index contributed by atoms with van der Waals surface area (Å²) < 4.78 is 31.7. The highest BCUT2D eigenvalue weighted by molar-refractivity contribution is 6.63. The maximum atomic E-state index is 5.30. The highest BCUT2D eigenvalue weighted by atomic mass is 28.4. The molecule has 0 aromatic heterocycles. The van der Waals surface area contributed by atoms with Crippen LogP contribution in [0.5, 0.6) is 0 Å². The summed E-state index contributed by atoms with van der Waals surface area (Å²) in [5.41, 5.74) is 0.363. The van der Waals surface area contributed by atoms with E-state index in [0.29, 0.717) is 5.54 Å². The Hall–Kier alpha value is 0.194. The molecule has 0 amide bonds. The Morgan fingerprint density at radius 2 is 1.05 bits per heavy atom. The van der Waals surface area contributed by atoms with Crippen molar-refractivity contribution in [2.45, 2.75) is 51.6 Å². The van der Waals surface area contributed by atoms with Gasteiger partial charge < -0.3 is 26.6 Å². The molecule has 0 aromatic rings. The van der Waals surface area contributed by atoms with Gasteiger partial charge in [-0.15, -0.1) is 0 Å². The lowest BCUT2D eigenvalue weighted by atomic mass is 10.3. The van der Waals surface area contributed by atoms with E-state index in [-0.39, 0.29) is 5.04 Å². The standard InChI is InChI=1S/2C7H18O3Si/c1-7(2,3)11(8-4,9-5)10-6;1-6-7(2)11(8-3,9-4)10-5/h1-6H3;7H,6H2,1-5H3. The molecule has 0 bridgehead atoms. The molecule has 0 rings (SSSR count). The first kappa shape index (κ1) is 24.4. The van der Waals surface area contributed by atoms with Gasteiger partial charge in [-0.25, -0.2) is 0 Å². The Morgan fingerprint density at radius 1 is 0.727 bits per heavy atom. The van der Waals surface area contributed by atoms with Crippen LogP contribution >= 0.6 is 0 Å². The minimum absolute atomic E-state index is 0.0642. The minimum Gasteiger partial charge on any atom is -0.377 e. The Labute approximate surface area is 139 Å². The van der Waals surface area contributed by atoms with E-state index in [0.717, 1.165) is 6.42 Å². The Kier molecular flexibility index (Phi) is 12.1. The van der Waals surface area contributed by atoms with Crippen molar-refractivity contribution in [1.29, 1.82) is 0 Å². The maximum absolute atomic E-state index is 5.30. The van der Waals surface area contributed by atoms with Gasteiger partial charge in [0, 0.05) is 53.2 Å². The van der Waals surface area contributed by atoms with Crippen LogP contribution in [-0.4, -0.2) is 60.3 Å². The summed E-state index contributed by atoms with van der Waals surface area (Å²) in [7, 11) is 5.08. The predicted molar refractivity (Wildman–Crippen MR) is 93.0 cm³/mol. The first-order chi connectivity index (χ1) is 10.1. The van der Waals surface area contributed by atoms with Gasteiger partial charge in [-0.3, -0.25) is 0 Å². The van der Waals surface area contributed by atoms with Crippen molar-refractivity contribution in [3.8, 4) is 0 Å². The zero-order valence-corrected chi connectivity index (χ0v) is 18.2. The van der Waals surface area contributed by atoms with Crippen molar-refractivity contribution in [3.05, 3.63) is 0 Å². The van der Waals surface area contributed by atoms with Crippen LogP contribution in [0, 0.1) is 0 Å². The quantitative estimate of drug-likeness (QED) is 0.622. The molecular weight excluding hydrogens is 320 g/mol. The molecule has 22 heavy (non-hydrogen) atoms.